The summed E-state index contributed by atoms with van der Waals surface area (Å²) in [7, 11) is 0. The number of ether oxygens (including phenoxy) is 1. The molecule has 0 aliphatic rings. The van der Waals surface area contributed by atoms with Gasteiger partial charge >= 0.3 is 0 Å². The highest BCUT2D eigenvalue weighted by Crippen LogP contribution is 2.19. The Hall–Kier alpha value is -1.58. The molecule has 0 amide bonds. The van der Waals surface area contributed by atoms with E-state index in [1.165, 1.54) is 12.1 Å². The zero-order chi connectivity index (χ0) is 14.5. The van der Waals surface area contributed by atoms with E-state index in [0.29, 0.717) is 23.8 Å². The summed E-state index contributed by atoms with van der Waals surface area (Å²) in [6.45, 7) is 2.26. The second kappa shape index (κ2) is 6.73. The molecule has 0 fully saturated rings. The Balaban J connectivity index is 2.05. The molecule has 2 rings (SSSR count). The van der Waals surface area contributed by atoms with Gasteiger partial charge in [-0.25, -0.2) is 4.39 Å². The Morgan fingerprint density at radius 1 is 1.15 bits per heavy atom. The Bertz CT molecular complexity index is 569. The number of nitrogens with two attached hydrogens (primary N) is 1. The lowest BCUT2D eigenvalue weighted by atomic mass is 10.1. The van der Waals surface area contributed by atoms with Crippen molar-refractivity contribution < 1.29 is 9.13 Å². The number of halogens is 2. The Morgan fingerprint density at radius 3 is 2.50 bits per heavy atom. The molecule has 1 unspecified atom stereocenters. The number of hydrogen-bond acceptors (Lipinski definition) is 2. The normalized spacial score (nSPS) is 12.2. The SMILES string of the molecule is CC(N)Cc1cc(F)cc(OCc2ccc(Cl)cc2)c1. The van der Waals surface area contributed by atoms with E-state index in [4.69, 9.17) is 22.1 Å². The van der Waals surface area contributed by atoms with Crippen molar-refractivity contribution in [2.45, 2.75) is 26.0 Å². The van der Waals surface area contributed by atoms with Crippen molar-refractivity contribution in [2.24, 2.45) is 5.73 Å². The fraction of sp³-hybridized carbons (Fsp3) is 0.250. The monoisotopic (exact) mass is 293 g/mol. The predicted molar refractivity (Wildman–Crippen MR) is 79.5 cm³/mol. The van der Waals surface area contributed by atoms with E-state index >= 15 is 0 Å². The first-order chi connectivity index (χ1) is 9.52. The molecule has 0 radical (unpaired) electrons. The predicted octanol–water partition coefficient (Wildman–Crippen LogP) is 3.95. The van der Waals surface area contributed by atoms with Gasteiger partial charge in [-0.2, -0.15) is 0 Å². The first kappa shape index (κ1) is 14.8. The summed E-state index contributed by atoms with van der Waals surface area (Å²) in [5.74, 6) is 0.199. The minimum atomic E-state index is -0.311. The number of rotatable bonds is 5. The molecule has 4 heteroatoms. The van der Waals surface area contributed by atoms with Crippen LogP contribution >= 0.6 is 11.6 Å². The van der Waals surface area contributed by atoms with Gasteiger partial charge in [-0.05, 0) is 48.7 Å². The van der Waals surface area contributed by atoms with Crippen molar-refractivity contribution in [3.63, 3.8) is 0 Å². The molecule has 0 saturated heterocycles. The van der Waals surface area contributed by atoms with Crippen molar-refractivity contribution in [2.75, 3.05) is 0 Å². The molecule has 2 N–H and O–H groups in total. The van der Waals surface area contributed by atoms with Crippen molar-refractivity contribution in [1.82, 2.24) is 0 Å². The summed E-state index contributed by atoms with van der Waals surface area (Å²) >= 11 is 5.82. The van der Waals surface area contributed by atoms with Crippen LogP contribution in [0.15, 0.2) is 42.5 Å². The third-order valence-electron chi connectivity index (χ3n) is 2.81. The quantitative estimate of drug-likeness (QED) is 0.906. The first-order valence-corrected chi connectivity index (χ1v) is 6.83. The summed E-state index contributed by atoms with van der Waals surface area (Å²) < 4.78 is 19.1. The Morgan fingerprint density at radius 2 is 1.85 bits per heavy atom. The molecule has 0 spiro atoms. The Kier molecular flexibility index (Phi) is 4.99. The van der Waals surface area contributed by atoms with Crippen LogP contribution in [-0.2, 0) is 13.0 Å². The van der Waals surface area contributed by atoms with Gasteiger partial charge in [-0.3, -0.25) is 0 Å². The van der Waals surface area contributed by atoms with E-state index in [1.54, 1.807) is 12.1 Å². The van der Waals surface area contributed by atoms with E-state index in [-0.39, 0.29) is 11.9 Å². The highest BCUT2D eigenvalue weighted by molar-refractivity contribution is 6.30. The van der Waals surface area contributed by atoms with Crippen LogP contribution in [0.4, 0.5) is 4.39 Å². The van der Waals surface area contributed by atoms with Gasteiger partial charge in [0.25, 0.3) is 0 Å². The molecule has 0 saturated carbocycles. The second-order valence-corrected chi connectivity index (χ2v) is 5.33. The maximum atomic E-state index is 13.5. The van der Waals surface area contributed by atoms with E-state index in [0.717, 1.165) is 11.1 Å². The van der Waals surface area contributed by atoms with E-state index < -0.39 is 0 Å². The topological polar surface area (TPSA) is 35.2 Å². The third-order valence-corrected chi connectivity index (χ3v) is 3.06. The molecule has 2 nitrogen and oxygen atoms in total. The Labute approximate surface area is 123 Å². The lowest BCUT2D eigenvalue weighted by Crippen LogP contribution is -2.17. The molecule has 2 aromatic carbocycles. The second-order valence-electron chi connectivity index (χ2n) is 4.89. The summed E-state index contributed by atoms with van der Waals surface area (Å²) in [5.41, 5.74) is 7.55. The first-order valence-electron chi connectivity index (χ1n) is 6.45. The average Bonchev–Trinajstić information content (AvgIpc) is 2.36. The number of hydrogen-bond donors (Lipinski definition) is 1. The molecule has 0 bridgehead atoms. The van der Waals surface area contributed by atoms with Gasteiger partial charge in [0.15, 0.2) is 0 Å². The zero-order valence-corrected chi connectivity index (χ0v) is 12.0. The summed E-state index contributed by atoms with van der Waals surface area (Å²) in [5, 5.41) is 0.679. The average molecular weight is 294 g/mol. The van der Waals surface area contributed by atoms with Crippen LogP contribution in [0, 0.1) is 5.82 Å². The highest BCUT2D eigenvalue weighted by Gasteiger charge is 2.05. The maximum Gasteiger partial charge on any atom is 0.127 e. The summed E-state index contributed by atoms with van der Waals surface area (Å²) in [6.07, 6.45) is 0.620. The maximum absolute atomic E-state index is 13.5. The molecule has 0 aliphatic carbocycles. The molecule has 0 aliphatic heterocycles. The van der Waals surface area contributed by atoms with E-state index in [1.807, 2.05) is 25.1 Å². The molecule has 2 aromatic rings. The van der Waals surface area contributed by atoms with Gasteiger partial charge in [0.05, 0.1) is 0 Å². The summed E-state index contributed by atoms with van der Waals surface area (Å²) in [6, 6.07) is 12.0. The van der Waals surface area contributed by atoms with Gasteiger partial charge in [0.1, 0.15) is 18.2 Å². The largest absolute Gasteiger partial charge is 0.489 e. The van der Waals surface area contributed by atoms with Gasteiger partial charge in [0.2, 0.25) is 0 Å². The van der Waals surface area contributed by atoms with Crippen molar-refractivity contribution in [1.29, 1.82) is 0 Å². The van der Waals surface area contributed by atoms with E-state index in [9.17, 15) is 4.39 Å². The van der Waals surface area contributed by atoms with Crippen molar-refractivity contribution in [3.8, 4) is 5.75 Å². The molecular formula is C16H17ClFNO. The van der Waals surface area contributed by atoms with Crippen LogP contribution in [-0.4, -0.2) is 6.04 Å². The van der Waals surface area contributed by atoms with Gasteiger partial charge in [-0.1, -0.05) is 23.7 Å². The van der Waals surface area contributed by atoms with Gasteiger partial charge in [0, 0.05) is 17.1 Å². The van der Waals surface area contributed by atoms with Crippen LogP contribution < -0.4 is 10.5 Å². The molecule has 0 aromatic heterocycles. The van der Waals surface area contributed by atoms with Crippen LogP contribution in [0.2, 0.25) is 5.02 Å². The highest BCUT2D eigenvalue weighted by atomic mass is 35.5. The fourth-order valence-corrected chi connectivity index (χ4v) is 2.07. The van der Waals surface area contributed by atoms with Crippen molar-refractivity contribution >= 4 is 11.6 Å². The molecule has 1 atom stereocenters. The van der Waals surface area contributed by atoms with Crippen LogP contribution in [0.5, 0.6) is 5.75 Å². The van der Waals surface area contributed by atoms with Crippen LogP contribution in [0.25, 0.3) is 0 Å². The zero-order valence-electron chi connectivity index (χ0n) is 11.3. The minimum Gasteiger partial charge on any atom is -0.489 e. The van der Waals surface area contributed by atoms with Gasteiger partial charge in [-0.15, -0.1) is 0 Å². The lowest BCUT2D eigenvalue weighted by molar-refractivity contribution is 0.304. The third kappa shape index (κ3) is 4.51. The number of benzene rings is 2. The smallest absolute Gasteiger partial charge is 0.127 e. The molecule has 0 heterocycles. The van der Waals surface area contributed by atoms with Crippen molar-refractivity contribution in [3.05, 3.63) is 64.4 Å². The fourth-order valence-electron chi connectivity index (χ4n) is 1.94. The van der Waals surface area contributed by atoms with E-state index in [2.05, 4.69) is 0 Å². The summed E-state index contributed by atoms with van der Waals surface area (Å²) in [4.78, 5) is 0. The molecular weight excluding hydrogens is 277 g/mol. The van der Waals surface area contributed by atoms with Crippen LogP contribution in [0.1, 0.15) is 18.1 Å². The van der Waals surface area contributed by atoms with Gasteiger partial charge < -0.3 is 10.5 Å². The minimum absolute atomic E-state index is 0.0130. The lowest BCUT2D eigenvalue weighted by Gasteiger charge is -2.10. The molecule has 106 valence electrons. The standard InChI is InChI=1S/C16H17ClFNO/c1-11(19)6-13-7-15(18)9-16(8-13)20-10-12-2-4-14(17)5-3-12/h2-5,7-9,11H,6,10,19H2,1H3. The molecule has 20 heavy (non-hydrogen) atoms. The van der Waals surface area contributed by atoms with Crippen LogP contribution in [0.3, 0.4) is 0 Å².